The fourth-order valence-electron chi connectivity index (χ4n) is 1.66. The van der Waals surface area contributed by atoms with Crippen LogP contribution in [0.4, 0.5) is 10.1 Å². The van der Waals surface area contributed by atoms with Crippen LogP contribution in [0.5, 0.6) is 0 Å². The maximum absolute atomic E-state index is 13.0. The highest BCUT2D eigenvalue weighted by Crippen LogP contribution is 2.19. The quantitative estimate of drug-likeness (QED) is 0.921. The molecule has 0 heterocycles. The zero-order chi connectivity index (χ0) is 15.3. The lowest BCUT2D eigenvalue weighted by Crippen LogP contribution is -2.36. The van der Waals surface area contributed by atoms with Gasteiger partial charge in [-0.15, -0.1) is 0 Å². The standard InChI is InChI=1S/C15H21FN2O2/c1-15(2,3)9-14(20)18(4)10-13(19)17-12-7-5-6-11(16)8-12/h5-8H,9-10H2,1-4H3,(H,17,19). The van der Waals surface area contributed by atoms with Gasteiger partial charge in [-0.3, -0.25) is 9.59 Å². The normalized spacial score (nSPS) is 11.1. The van der Waals surface area contributed by atoms with E-state index in [-0.39, 0.29) is 23.8 Å². The molecule has 5 heteroatoms. The number of nitrogens with zero attached hydrogens (tertiary/aromatic N) is 1. The summed E-state index contributed by atoms with van der Waals surface area (Å²) in [5.41, 5.74) is 0.261. The molecule has 0 saturated carbocycles. The summed E-state index contributed by atoms with van der Waals surface area (Å²) in [5, 5.41) is 2.56. The molecule has 2 amide bonds. The largest absolute Gasteiger partial charge is 0.336 e. The van der Waals surface area contributed by atoms with Gasteiger partial charge in [0.15, 0.2) is 0 Å². The fourth-order valence-corrected chi connectivity index (χ4v) is 1.66. The van der Waals surface area contributed by atoms with Crippen molar-refractivity contribution >= 4 is 17.5 Å². The molecule has 1 aromatic rings. The van der Waals surface area contributed by atoms with Crippen molar-refractivity contribution in [2.75, 3.05) is 18.9 Å². The summed E-state index contributed by atoms with van der Waals surface area (Å²) in [6.45, 7) is 5.84. The number of benzene rings is 1. The molecule has 0 atom stereocenters. The van der Waals surface area contributed by atoms with Gasteiger partial charge in [0, 0.05) is 19.2 Å². The van der Waals surface area contributed by atoms with Gasteiger partial charge in [0.25, 0.3) is 0 Å². The van der Waals surface area contributed by atoms with E-state index in [1.54, 1.807) is 13.1 Å². The van der Waals surface area contributed by atoms with Gasteiger partial charge in [0.1, 0.15) is 5.82 Å². The van der Waals surface area contributed by atoms with E-state index in [2.05, 4.69) is 5.32 Å². The van der Waals surface area contributed by atoms with E-state index in [1.807, 2.05) is 20.8 Å². The third-order valence-corrected chi connectivity index (χ3v) is 2.60. The van der Waals surface area contributed by atoms with Crippen molar-refractivity contribution < 1.29 is 14.0 Å². The summed E-state index contributed by atoms with van der Waals surface area (Å²) < 4.78 is 13.0. The first kappa shape index (κ1) is 16.1. The molecule has 4 nitrogen and oxygen atoms in total. The van der Waals surface area contributed by atoms with Crippen LogP contribution < -0.4 is 5.32 Å². The molecule has 0 aliphatic heterocycles. The Morgan fingerprint density at radius 3 is 2.50 bits per heavy atom. The highest BCUT2D eigenvalue weighted by Gasteiger charge is 2.20. The molecule has 0 fully saturated rings. The maximum atomic E-state index is 13.0. The topological polar surface area (TPSA) is 49.4 Å². The second-order valence-corrected chi connectivity index (χ2v) is 6.05. The molecule has 0 unspecified atom stereocenters. The predicted molar refractivity (Wildman–Crippen MR) is 76.7 cm³/mol. The van der Waals surface area contributed by atoms with E-state index in [4.69, 9.17) is 0 Å². The Kier molecular flexibility index (Phi) is 5.25. The molecule has 0 spiro atoms. The van der Waals surface area contributed by atoms with Crippen molar-refractivity contribution in [3.05, 3.63) is 30.1 Å². The molecule has 1 N–H and O–H groups in total. The summed E-state index contributed by atoms with van der Waals surface area (Å²) in [5.74, 6) is -0.854. The van der Waals surface area contributed by atoms with Crippen LogP contribution in [0.15, 0.2) is 24.3 Å². The van der Waals surface area contributed by atoms with Crippen LogP contribution in [0.1, 0.15) is 27.2 Å². The molecule has 0 saturated heterocycles. The lowest BCUT2D eigenvalue weighted by molar-refractivity contribution is -0.134. The van der Waals surface area contributed by atoms with Gasteiger partial charge < -0.3 is 10.2 Å². The molecule has 0 radical (unpaired) electrons. The molecule has 0 aliphatic rings. The lowest BCUT2D eigenvalue weighted by atomic mass is 9.92. The Morgan fingerprint density at radius 1 is 1.30 bits per heavy atom. The molecule has 20 heavy (non-hydrogen) atoms. The Morgan fingerprint density at radius 2 is 1.95 bits per heavy atom. The highest BCUT2D eigenvalue weighted by atomic mass is 19.1. The van der Waals surface area contributed by atoms with Crippen molar-refractivity contribution in [1.29, 1.82) is 0 Å². The van der Waals surface area contributed by atoms with Gasteiger partial charge in [0.05, 0.1) is 6.54 Å². The number of anilines is 1. The van der Waals surface area contributed by atoms with Crippen LogP contribution in [0, 0.1) is 11.2 Å². The van der Waals surface area contributed by atoms with Gasteiger partial charge in [-0.05, 0) is 23.6 Å². The summed E-state index contributed by atoms with van der Waals surface area (Å²) in [6, 6.07) is 5.64. The fraction of sp³-hybridized carbons (Fsp3) is 0.467. The summed E-state index contributed by atoms with van der Waals surface area (Å²) in [7, 11) is 1.58. The second-order valence-electron chi connectivity index (χ2n) is 6.05. The summed E-state index contributed by atoms with van der Waals surface area (Å²) in [6.07, 6.45) is 0.372. The average Bonchev–Trinajstić information content (AvgIpc) is 2.26. The van der Waals surface area contributed by atoms with Crippen LogP contribution in [-0.2, 0) is 9.59 Å². The van der Waals surface area contributed by atoms with E-state index in [0.29, 0.717) is 12.1 Å². The third kappa shape index (κ3) is 5.82. The number of carbonyl (C=O) groups is 2. The van der Waals surface area contributed by atoms with Gasteiger partial charge in [0.2, 0.25) is 11.8 Å². The van der Waals surface area contributed by atoms with E-state index in [9.17, 15) is 14.0 Å². The Bertz CT molecular complexity index is 495. The molecule has 0 aromatic heterocycles. The molecule has 1 rings (SSSR count). The SMILES string of the molecule is CN(CC(=O)Nc1cccc(F)c1)C(=O)CC(C)(C)C. The molecular weight excluding hydrogens is 259 g/mol. The van der Waals surface area contributed by atoms with E-state index >= 15 is 0 Å². The van der Waals surface area contributed by atoms with E-state index in [0.717, 1.165) is 0 Å². The molecule has 0 aliphatic carbocycles. The number of halogens is 1. The number of carbonyl (C=O) groups excluding carboxylic acids is 2. The summed E-state index contributed by atoms with van der Waals surface area (Å²) >= 11 is 0. The number of nitrogens with one attached hydrogen (secondary N) is 1. The maximum Gasteiger partial charge on any atom is 0.243 e. The van der Waals surface area contributed by atoms with Gasteiger partial charge in [-0.2, -0.15) is 0 Å². The van der Waals surface area contributed by atoms with Crippen LogP contribution in [0.3, 0.4) is 0 Å². The van der Waals surface area contributed by atoms with Gasteiger partial charge in [-0.25, -0.2) is 4.39 Å². The minimum Gasteiger partial charge on any atom is -0.336 e. The predicted octanol–water partition coefficient (Wildman–Crippen LogP) is 2.66. The van der Waals surface area contributed by atoms with Crippen molar-refractivity contribution in [3.63, 3.8) is 0 Å². The first-order valence-corrected chi connectivity index (χ1v) is 6.47. The van der Waals surface area contributed by atoms with E-state index < -0.39 is 5.82 Å². The monoisotopic (exact) mass is 280 g/mol. The van der Waals surface area contributed by atoms with Gasteiger partial charge >= 0.3 is 0 Å². The second kappa shape index (κ2) is 6.50. The third-order valence-electron chi connectivity index (χ3n) is 2.60. The zero-order valence-electron chi connectivity index (χ0n) is 12.4. The number of hydrogen-bond donors (Lipinski definition) is 1. The van der Waals surface area contributed by atoms with Gasteiger partial charge in [-0.1, -0.05) is 26.8 Å². The highest BCUT2D eigenvalue weighted by molar-refractivity contribution is 5.94. The van der Waals surface area contributed by atoms with Crippen molar-refractivity contribution in [2.24, 2.45) is 5.41 Å². The Hall–Kier alpha value is -1.91. The van der Waals surface area contributed by atoms with E-state index in [1.165, 1.54) is 23.1 Å². The number of amides is 2. The molecule has 1 aromatic carbocycles. The van der Waals surface area contributed by atoms with Crippen molar-refractivity contribution in [3.8, 4) is 0 Å². The minimum atomic E-state index is -0.417. The molecule has 110 valence electrons. The Balaban J connectivity index is 2.52. The zero-order valence-corrected chi connectivity index (χ0v) is 12.4. The smallest absolute Gasteiger partial charge is 0.243 e. The number of rotatable bonds is 4. The molecule has 0 bridgehead atoms. The van der Waals surface area contributed by atoms with Crippen molar-refractivity contribution in [1.82, 2.24) is 4.90 Å². The number of hydrogen-bond acceptors (Lipinski definition) is 2. The van der Waals surface area contributed by atoms with Crippen molar-refractivity contribution in [2.45, 2.75) is 27.2 Å². The first-order chi connectivity index (χ1) is 9.17. The Labute approximate surface area is 119 Å². The van der Waals surface area contributed by atoms with Crippen LogP contribution in [0.25, 0.3) is 0 Å². The first-order valence-electron chi connectivity index (χ1n) is 6.47. The van der Waals surface area contributed by atoms with Crippen LogP contribution >= 0.6 is 0 Å². The number of likely N-dealkylation sites (N-methyl/N-ethyl adjacent to an activating group) is 1. The van der Waals surface area contributed by atoms with Crippen LogP contribution in [-0.4, -0.2) is 30.3 Å². The molecular formula is C15H21FN2O2. The minimum absolute atomic E-state index is 0.0502. The summed E-state index contributed by atoms with van der Waals surface area (Å²) in [4.78, 5) is 25.0. The van der Waals surface area contributed by atoms with Crippen LogP contribution in [0.2, 0.25) is 0 Å². The average molecular weight is 280 g/mol. The lowest BCUT2D eigenvalue weighted by Gasteiger charge is -2.22.